The smallest absolute Gasteiger partial charge is 0.141 e. The molecule has 1 aliphatic heterocycles. The summed E-state index contributed by atoms with van der Waals surface area (Å²) in [5.74, 6) is 0. The lowest BCUT2D eigenvalue weighted by atomic mass is 9.96. The molecule has 1 aliphatic rings. The minimum Gasteiger partial charge on any atom is -0.428 e. The van der Waals surface area contributed by atoms with Gasteiger partial charge in [0.1, 0.15) is 9.28 Å². The van der Waals surface area contributed by atoms with E-state index in [-0.39, 0.29) is 17.8 Å². The zero-order valence-electron chi connectivity index (χ0n) is 16.7. The molecule has 1 fully saturated rings. The van der Waals surface area contributed by atoms with E-state index in [0.717, 1.165) is 6.61 Å². The normalized spacial score (nSPS) is 21.7. The lowest BCUT2D eigenvalue weighted by molar-refractivity contribution is 0.366. The first-order chi connectivity index (χ1) is 14.2. The third kappa shape index (κ3) is 2.82. The first-order valence-corrected chi connectivity index (χ1v) is 20.2. The molecule has 1 saturated heterocycles. The molecule has 6 rings (SSSR count). The molecule has 0 aromatic heterocycles. The molecule has 1 heterocycles. The highest BCUT2D eigenvalue weighted by atomic mass is 29.6. The Bertz CT molecular complexity index is 1400. The third-order valence-electron chi connectivity index (χ3n) is 6.95. The van der Waals surface area contributed by atoms with E-state index in [1.54, 1.807) is 5.19 Å². The van der Waals surface area contributed by atoms with E-state index in [1.807, 2.05) is 0 Å². The average molecular weight is 425 g/mol. The van der Waals surface area contributed by atoms with Crippen molar-refractivity contribution in [3.8, 4) is 0 Å². The van der Waals surface area contributed by atoms with E-state index in [2.05, 4.69) is 85.4 Å². The maximum absolute atomic E-state index is 5.90. The van der Waals surface area contributed by atoms with Crippen LogP contribution in [-0.4, -0.2) is 32.0 Å². The molecule has 29 heavy (non-hydrogen) atoms. The molecule has 0 bridgehead atoms. The molecule has 1 nitrogen and oxygen atoms in total. The van der Waals surface area contributed by atoms with Gasteiger partial charge in [0.15, 0.2) is 0 Å². The predicted octanol–water partition coefficient (Wildman–Crippen LogP) is 4.28. The fourth-order valence-electron chi connectivity index (χ4n) is 5.14. The summed E-state index contributed by atoms with van der Waals surface area (Å²) in [6, 6.07) is 31.3. The van der Waals surface area contributed by atoms with Gasteiger partial charge in [-0.1, -0.05) is 66.3 Å². The minimum absolute atomic E-state index is 0.0254. The predicted molar refractivity (Wildman–Crippen MR) is 136 cm³/mol. The van der Waals surface area contributed by atoms with Gasteiger partial charge in [-0.15, -0.1) is 0 Å². The number of rotatable bonds is 1. The van der Waals surface area contributed by atoms with Gasteiger partial charge in [0, 0.05) is 15.2 Å². The topological polar surface area (TPSA) is 9.23 Å². The molecule has 0 aliphatic carbocycles. The molecular weight excluding hydrogens is 401 g/mol. The first kappa shape index (κ1) is 17.6. The molecule has 142 valence electrons. The van der Waals surface area contributed by atoms with Gasteiger partial charge >= 0.3 is 0 Å². The van der Waals surface area contributed by atoms with Crippen molar-refractivity contribution in [2.45, 2.75) is 12.6 Å². The minimum atomic E-state index is -1.30. The van der Waals surface area contributed by atoms with Crippen molar-refractivity contribution in [2.24, 2.45) is 0 Å². The van der Waals surface area contributed by atoms with Crippen LogP contribution in [-0.2, 0) is 4.43 Å². The molecule has 4 heteroatoms. The van der Waals surface area contributed by atoms with Crippen LogP contribution in [0.1, 0.15) is 0 Å². The summed E-state index contributed by atoms with van der Waals surface area (Å²) in [5, 5.41) is 12.7. The van der Waals surface area contributed by atoms with Crippen LogP contribution in [0.4, 0.5) is 0 Å². The average Bonchev–Trinajstić information content (AvgIpc) is 2.76. The van der Waals surface area contributed by atoms with E-state index in [0.29, 0.717) is 0 Å². The summed E-state index contributed by atoms with van der Waals surface area (Å²) in [5.41, 5.74) is 0. The zero-order chi connectivity index (χ0) is 19.4. The molecule has 0 amide bonds. The molecule has 5 aromatic rings. The van der Waals surface area contributed by atoms with E-state index < -0.39 is 7.59 Å². The Morgan fingerprint density at radius 3 is 2.10 bits per heavy atom. The maximum Gasteiger partial charge on any atom is 0.141 e. The quantitative estimate of drug-likeness (QED) is 0.222. The summed E-state index contributed by atoms with van der Waals surface area (Å²) in [4.78, 5) is 0. The van der Waals surface area contributed by atoms with E-state index >= 15 is 0 Å². The highest BCUT2D eigenvalue weighted by Crippen LogP contribution is 2.32. The highest BCUT2D eigenvalue weighted by molar-refractivity contribution is 7.47. The highest BCUT2D eigenvalue weighted by Gasteiger charge is 2.33. The van der Waals surface area contributed by atoms with Crippen LogP contribution in [0.15, 0.2) is 78.9 Å². The monoisotopic (exact) mass is 424 g/mol. The van der Waals surface area contributed by atoms with Crippen molar-refractivity contribution >= 4 is 73.7 Å². The van der Waals surface area contributed by atoms with Gasteiger partial charge in [-0.3, -0.25) is 0 Å². The van der Waals surface area contributed by atoms with Gasteiger partial charge in [0.05, 0.1) is 7.59 Å². The number of fused-ring (bicyclic) bond motifs is 5. The second-order valence-electron chi connectivity index (χ2n) is 8.76. The van der Waals surface area contributed by atoms with Crippen molar-refractivity contribution < 1.29 is 4.43 Å². The van der Waals surface area contributed by atoms with Gasteiger partial charge < -0.3 is 4.43 Å². The Kier molecular flexibility index (Phi) is 4.03. The lowest BCUT2D eigenvalue weighted by Gasteiger charge is -2.32. The van der Waals surface area contributed by atoms with Crippen molar-refractivity contribution in [2.75, 3.05) is 6.61 Å². The number of hydrogen-bond acceptors (Lipinski definition) is 1. The van der Waals surface area contributed by atoms with Crippen LogP contribution < -0.4 is 5.19 Å². The Morgan fingerprint density at radius 2 is 1.34 bits per heavy atom. The summed E-state index contributed by atoms with van der Waals surface area (Å²) in [6.07, 6.45) is 0. The van der Waals surface area contributed by atoms with Gasteiger partial charge in [0.25, 0.3) is 0 Å². The Balaban J connectivity index is 1.69. The van der Waals surface area contributed by atoms with Crippen molar-refractivity contribution in [3.63, 3.8) is 0 Å². The second-order valence-corrected chi connectivity index (χ2v) is 26.1. The third-order valence-corrected chi connectivity index (χ3v) is 30.6. The van der Waals surface area contributed by atoms with E-state index in [4.69, 9.17) is 4.43 Å². The summed E-state index contributed by atoms with van der Waals surface area (Å²) >= 11 is 0. The van der Waals surface area contributed by atoms with Gasteiger partial charge in [0.2, 0.25) is 0 Å². The second kappa shape index (κ2) is 6.64. The summed E-state index contributed by atoms with van der Waals surface area (Å²) in [6.45, 7) is 3.66. The van der Waals surface area contributed by atoms with Crippen LogP contribution in [0.2, 0.25) is 12.6 Å². The number of hydrogen-bond donors (Lipinski definition) is 0. The van der Waals surface area contributed by atoms with Crippen LogP contribution in [0, 0.1) is 0 Å². The Morgan fingerprint density at radius 1 is 0.690 bits per heavy atom. The maximum atomic E-state index is 5.90. The van der Waals surface area contributed by atoms with E-state index in [1.165, 1.54) is 49.1 Å². The van der Waals surface area contributed by atoms with Crippen LogP contribution in [0.3, 0.4) is 0 Å². The molecular formula is C25H24OSi3. The van der Waals surface area contributed by atoms with Crippen molar-refractivity contribution in [3.05, 3.63) is 78.9 Å². The SMILES string of the molecule is C[Si]1(c2cccc3cc4ccc5cc6ccccc6cc5c4cc23)CCO[SiH2][SiH2]1. The fraction of sp³-hybridized carbons (Fsp3) is 0.120. The zero-order valence-corrected chi connectivity index (χ0v) is 20.6. The summed E-state index contributed by atoms with van der Waals surface area (Å²) in [7, 11) is -1.53. The fourth-order valence-corrected chi connectivity index (χ4v) is 24.5. The van der Waals surface area contributed by atoms with Crippen LogP contribution in [0.5, 0.6) is 0 Å². The van der Waals surface area contributed by atoms with E-state index in [9.17, 15) is 0 Å². The molecule has 1 atom stereocenters. The Labute approximate surface area is 176 Å². The number of benzene rings is 5. The van der Waals surface area contributed by atoms with Crippen LogP contribution in [0.25, 0.3) is 43.1 Å². The van der Waals surface area contributed by atoms with Crippen molar-refractivity contribution in [1.82, 2.24) is 0 Å². The molecule has 5 aromatic carbocycles. The molecule has 0 saturated carbocycles. The Hall–Kier alpha value is -2.25. The van der Waals surface area contributed by atoms with Gasteiger partial charge in [-0.25, -0.2) is 0 Å². The van der Waals surface area contributed by atoms with Gasteiger partial charge in [-0.2, -0.15) is 0 Å². The standard InChI is InChI=1S/C25H24OSi3/c1-29(12-11-26-27-28-29)25-8-4-7-19-14-21-10-9-20-13-17-5-2-3-6-18(17)15-22(20)23(21)16-24(19)25/h2-10,13-16H,11-12,27-28H2,1H3. The van der Waals surface area contributed by atoms with Crippen molar-refractivity contribution in [1.29, 1.82) is 0 Å². The molecule has 1 unspecified atom stereocenters. The summed E-state index contributed by atoms with van der Waals surface area (Å²) < 4.78 is 5.90. The molecule has 0 spiro atoms. The lowest BCUT2D eigenvalue weighted by Crippen LogP contribution is -2.57. The molecule has 0 N–H and O–H groups in total. The molecule has 0 radical (unpaired) electrons. The van der Waals surface area contributed by atoms with Crippen LogP contribution >= 0.6 is 0 Å². The largest absolute Gasteiger partial charge is 0.428 e. The van der Waals surface area contributed by atoms with Gasteiger partial charge in [-0.05, 0) is 73.4 Å². The first-order valence-electron chi connectivity index (χ1n) is 10.6.